The number of carbonyl (C=O) groups is 2. The van der Waals surface area contributed by atoms with Gasteiger partial charge in [0.15, 0.2) is 0 Å². The van der Waals surface area contributed by atoms with Crippen molar-refractivity contribution in [3.8, 4) is 0 Å². The van der Waals surface area contributed by atoms with Gasteiger partial charge in [-0.2, -0.15) is 0 Å². The van der Waals surface area contributed by atoms with Gasteiger partial charge in [0.05, 0.1) is 5.71 Å². The summed E-state index contributed by atoms with van der Waals surface area (Å²) in [7, 11) is 0. The molecule has 0 fully saturated rings. The molecule has 110 valence electrons. The largest absolute Gasteiger partial charge is 0.480 e. The number of fused-ring (bicyclic) bond motifs is 1. The number of hydrogen-bond acceptors (Lipinski definition) is 4. The van der Waals surface area contributed by atoms with Crippen molar-refractivity contribution in [1.29, 1.82) is 0 Å². The fourth-order valence-electron chi connectivity index (χ4n) is 2.16. The molecule has 6 nitrogen and oxygen atoms in total. The molecule has 0 saturated carbocycles. The maximum Gasteiger partial charge on any atom is 0.328 e. The Morgan fingerprint density at radius 1 is 1.33 bits per heavy atom. The van der Waals surface area contributed by atoms with Crippen LogP contribution in [-0.4, -0.2) is 39.9 Å². The van der Waals surface area contributed by atoms with Crippen LogP contribution in [0.3, 0.4) is 0 Å². The lowest BCUT2D eigenvalue weighted by Gasteiger charge is -2.19. The van der Waals surface area contributed by atoms with Gasteiger partial charge in [-0.05, 0) is 18.1 Å². The molecule has 0 bridgehead atoms. The molecule has 0 spiro atoms. The predicted molar refractivity (Wildman–Crippen MR) is 77.9 cm³/mol. The van der Waals surface area contributed by atoms with Crippen molar-refractivity contribution >= 4 is 23.7 Å². The zero-order chi connectivity index (χ0) is 15.4. The SMILES string of the molecule is NC(=O)CC[C@H](N=C1c2ccccc2C=CC1O)C(=O)O. The first-order chi connectivity index (χ1) is 9.99. The number of nitrogens with zero attached hydrogens (tertiary/aromatic N) is 1. The molecule has 6 heteroatoms. The van der Waals surface area contributed by atoms with Gasteiger partial charge in [0, 0.05) is 12.0 Å². The van der Waals surface area contributed by atoms with Gasteiger partial charge in [-0.3, -0.25) is 9.79 Å². The van der Waals surface area contributed by atoms with Gasteiger partial charge in [-0.15, -0.1) is 0 Å². The van der Waals surface area contributed by atoms with Gasteiger partial charge >= 0.3 is 5.97 Å². The second kappa shape index (κ2) is 6.32. The molecule has 0 radical (unpaired) electrons. The second-order valence-corrected chi connectivity index (χ2v) is 4.76. The molecule has 1 amide bonds. The Bertz CT molecular complexity index is 622. The predicted octanol–water partition coefficient (Wildman–Crippen LogP) is 0.582. The normalized spacial score (nSPS) is 20.0. The van der Waals surface area contributed by atoms with Crippen molar-refractivity contribution in [1.82, 2.24) is 0 Å². The Balaban J connectivity index is 2.34. The molecule has 2 rings (SSSR count). The van der Waals surface area contributed by atoms with E-state index in [0.717, 1.165) is 5.56 Å². The molecule has 1 aliphatic carbocycles. The Hall–Kier alpha value is -2.47. The maximum absolute atomic E-state index is 11.2. The van der Waals surface area contributed by atoms with Crippen LogP contribution in [0.15, 0.2) is 35.3 Å². The Labute approximate surface area is 121 Å². The molecule has 0 saturated heterocycles. The molecule has 1 aliphatic rings. The number of primary amides is 1. The van der Waals surface area contributed by atoms with Gasteiger partial charge in [-0.1, -0.05) is 30.3 Å². The zero-order valence-corrected chi connectivity index (χ0v) is 11.3. The number of carboxylic acids is 1. The van der Waals surface area contributed by atoms with Gasteiger partial charge in [0.1, 0.15) is 12.1 Å². The monoisotopic (exact) mass is 288 g/mol. The van der Waals surface area contributed by atoms with E-state index in [1.165, 1.54) is 0 Å². The lowest BCUT2D eigenvalue weighted by atomic mass is 9.93. The average molecular weight is 288 g/mol. The number of benzene rings is 1. The topological polar surface area (TPSA) is 113 Å². The summed E-state index contributed by atoms with van der Waals surface area (Å²) in [6.07, 6.45) is 2.29. The summed E-state index contributed by atoms with van der Waals surface area (Å²) in [6.45, 7) is 0. The molecule has 21 heavy (non-hydrogen) atoms. The van der Waals surface area contributed by atoms with Gasteiger partial charge in [0.2, 0.25) is 5.91 Å². The molecule has 2 atom stereocenters. The molecule has 1 aromatic rings. The highest BCUT2D eigenvalue weighted by atomic mass is 16.4. The lowest BCUT2D eigenvalue weighted by Crippen LogP contribution is -2.29. The van der Waals surface area contributed by atoms with Crippen LogP contribution in [0, 0.1) is 0 Å². The van der Waals surface area contributed by atoms with E-state index < -0.39 is 24.0 Å². The quantitative estimate of drug-likeness (QED) is 0.735. The van der Waals surface area contributed by atoms with E-state index in [1.807, 2.05) is 12.1 Å². The summed E-state index contributed by atoms with van der Waals surface area (Å²) in [4.78, 5) is 26.2. The van der Waals surface area contributed by atoms with E-state index in [9.17, 15) is 19.8 Å². The highest BCUT2D eigenvalue weighted by Crippen LogP contribution is 2.21. The summed E-state index contributed by atoms with van der Waals surface area (Å²) in [6, 6.07) is 6.15. The average Bonchev–Trinajstić information content (AvgIpc) is 2.44. The number of aliphatic carboxylic acids is 1. The molecule has 0 heterocycles. The minimum atomic E-state index is -1.15. The number of nitrogens with two attached hydrogens (primary N) is 1. The standard InChI is InChI=1S/C15H16N2O4/c16-13(19)8-6-11(15(20)21)17-14-10-4-2-1-3-9(10)5-7-12(14)18/h1-5,7,11-12,18H,6,8H2,(H2,16,19)(H,20,21)/t11-,12?/m0/s1. The highest BCUT2D eigenvalue weighted by Gasteiger charge is 2.24. The number of rotatable bonds is 5. The number of carbonyl (C=O) groups excluding carboxylic acids is 1. The first-order valence-corrected chi connectivity index (χ1v) is 6.53. The van der Waals surface area contributed by atoms with Crippen LogP contribution in [0.25, 0.3) is 6.08 Å². The van der Waals surface area contributed by atoms with Gasteiger partial charge in [0.25, 0.3) is 0 Å². The van der Waals surface area contributed by atoms with Crippen molar-refractivity contribution < 1.29 is 19.8 Å². The minimum Gasteiger partial charge on any atom is -0.480 e. The van der Waals surface area contributed by atoms with Crippen LogP contribution in [0.2, 0.25) is 0 Å². The summed E-state index contributed by atoms with van der Waals surface area (Å²) >= 11 is 0. The number of aliphatic hydroxyl groups is 1. The van der Waals surface area contributed by atoms with E-state index in [0.29, 0.717) is 11.3 Å². The molecule has 4 N–H and O–H groups in total. The van der Waals surface area contributed by atoms with Crippen LogP contribution in [0.5, 0.6) is 0 Å². The van der Waals surface area contributed by atoms with Crippen LogP contribution >= 0.6 is 0 Å². The van der Waals surface area contributed by atoms with Gasteiger partial charge < -0.3 is 15.9 Å². The minimum absolute atomic E-state index is 0.00671. The number of aliphatic hydroxyl groups excluding tert-OH is 1. The zero-order valence-electron chi connectivity index (χ0n) is 11.3. The Kier molecular flexibility index (Phi) is 4.49. The Morgan fingerprint density at radius 2 is 2.05 bits per heavy atom. The third-order valence-electron chi connectivity index (χ3n) is 3.22. The third kappa shape index (κ3) is 3.55. The summed E-state index contributed by atoms with van der Waals surface area (Å²) in [5, 5.41) is 19.2. The molecular weight excluding hydrogens is 272 g/mol. The molecule has 1 aromatic carbocycles. The van der Waals surface area contributed by atoms with Crippen LogP contribution in [-0.2, 0) is 9.59 Å². The van der Waals surface area contributed by atoms with E-state index in [-0.39, 0.29) is 12.8 Å². The van der Waals surface area contributed by atoms with E-state index in [1.54, 1.807) is 24.3 Å². The first kappa shape index (κ1) is 14.9. The Morgan fingerprint density at radius 3 is 2.71 bits per heavy atom. The fraction of sp³-hybridized carbons (Fsp3) is 0.267. The van der Waals surface area contributed by atoms with Gasteiger partial charge in [-0.25, -0.2) is 4.79 Å². The first-order valence-electron chi connectivity index (χ1n) is 6.53. The van der Waals surface area contributed by atoms with Crippen LogP contribution in [0.4, 0.5) is 0 Å². The smallest absolute Gasteiger partial charge is 0.328 e. The lowest BCUT2D eigenvalue weighted by molar-refractivity contribution is -0.138. The number of hydrogen-bond donors (Lipinski definition) is 3. The number of aliphatic imine (C=N–C) groups is 1. The van der Waals surface area contributed by atoms with Crippen molar-refractivity contribution in [3.05, 3.63) is 41.5 Å². The highest BCUT2D eigenvalue weighted by molar-refractivity contribution is 6.10. The molecular formula is C15H16N2O4. The van der Waals surface area contributed by atoms with Crippen molar-refractivity contribution in [2.24, 2.45) is 10.7 Å². The van der Waals surface area contributed by atoms with Crippen molar-refractivity contribution in [3.63, 3.8) is 0 Å². The van der Waals surface area contributed by atoms with Crippen molar-refractivity contribution in [2.45, 2.75) is 25.0 Å². The summed E-state index contributed by atoms with van der Waals surface area (Å²) < 4.78 is 0. The number of carboxylic acid groups (broad SMARTS) is 1. The van der Waals surface area contributed by atoms with Crippen LogP contribution < -0.4 is 5.73 Å². The van der Waals surface area contributed by atoms with E-state index >= 15 is 0 Å². The molecule has 1 unspecified atom stereocenters. The molecule has 0 aromatic heterocycles. The van der Waals surface area contributed by atoms with Crippen molar-refractivity contribution in [2.75, 3.05) is 0 Å². The second-order valence-electron chi connectivity index (χ2n) is 4.76. The van der Waals surface area contributed by atoms with E-state index in [2.05, 4.69) is 4.99 Å². The van der Waals surface area contributed by atoms with Crippen LogP contribution in [0.1, 0.15) is 24.0 Å². The maximum atomic E-state index is 11.2. The molecule has 0 aliphatic heterocycles. The third-order valence-corrected chi connectivity index (χ3v) is 3.22. The summed E-state index contributed by atoms with van der Waals surface area (Å²) in [5.74, 6) is -1.73. The summed E-state index contributed by atoms with van der Waals surface area (Å²) in [5.41, 5.74) is 6.89. The van der Waals surface area contributed by atoms with E-state index in [4.69, 9.17) is 5.73 Å². The fourth-order valence-corrected chi connectivity index (χ4v) is 2.16. The number of amides is 1.